The van der Waals surface area contributed by atoms with Crippen molar-refractivity contribution in [3.63, 3.8) is 0 Å². The Morgan fingerprint density at radius 2 is 1.84 bits per heavy atom. The molecule has 0 saturated heterocycles. The maximum atomic E-state index is 12.3. The van der Waals surface area contributed by atoms with Crippen LogP contribution < -0.4 is 10.7 Å². The molecule has 0 spiro atoms. The van der Waals surface area contributed by atoms with E-state index in [0.29, 0.717) is 10.0 Å². The molecular formula is C23H17BrN4O2S. The van der Waals surface area contributed by atoms with Gasteiger partial charge in [0.15, 0.2) is 5.13 Å². The molecule has 6 nitrogen and oxygen atoms in total. The van der Waals surface area contributed by atoms with Crippen molar-refractivity contribution in [2.45, 2.75) is 0 Å². The molecule has 1 heterocycles. The lowest BCUT2D eigenvalue weighted by Gasteiger charge is -2.03. The van der Waals surface area contributed by atoms with E-state index in [2.05, 4.69) is 36.8 Å². The second kappa shape index (κ2) is 9.55. The van der Waals surface area contributed by atoms with Crippen LogP contribution in [0.1, 0.15) is 15.9 Å². The third kappa shape index (κ3) is 5.36. The molecule has 3 aromatic carbocycles. The van der Waals surface area contributed by atoms with E-state index in [9.17, 15) is 9.90 Å². The molecule has 0 bridgehead atoms. The number of phenols is 1. The first kappa shape index (κ1) is 20.8. The molecule has 0 aliphatic heterocycles. The fraction of sp³-hybridized carbons (Fsp3) is 0. The van der Waals surface area contributed by atoms with Crippen LogP contribution >= 0.6 is 27.3 Å². The highest BCUT2D eigenvalue weighted by molar-refractivity contribution is 9.10. The average Bonchev–Trinajstić information content (AvgIpc) is 3.25. The molecule has 0 radical (unpaired) electrons. The van der Waals surface area contributed by atoms with Gasteiger partial charge in [0, 0.05) is 22.2 Å². The zero-order chi connectivity index (χ0) is 21.6. The minimum atomic E-state index is -0.314. The number of halogens is 1. The molecule has 0 aliphatic rings. The fourth-order valence-corrected chi connectivity index (χ4v) is 3.87. The van der Waals surface area contributed by atoms with Gasteiger partial charge in [-0.1, -0.05) is 30.3 Å². The third-order valence-electron chi connectivity index (χ3n) is 4.32. The monoisotopic (exact) mass is 492 g/mol. The fourth-order valence-electron chi connectivity index (χ4n) is 2.73. The quantitative estimate of drug-likeness (QED) is 0.235. The van der Waals surface area contributed by atoms with Crippen molar-refractivity contribution in [1.29, 1.82) is 0 Å². The second-order valence-electron chi connectivity index (χ2n) is 6.52. The van der Waals surface area contributed by atoms with Gasteiger partial charge in [-0.3, -0.25) is 4.79 Å². The van der Waals surface area contributed by atoms with Crippen molar-refractivity contribution in [1.82, 2.24) is 10.4 Å². The van der Waals surface area contributed by atoms with E-state index in [-0.39, 0.29) is 11.7 Å². The summed E-state index contributed by atoms with van der Waals surface area (Å²) in [5, 5.41) is 19.5. The highest BCUT2D eigenvalue weighted by Gasteiger charge is 2.08. The number of phenolic OH excluding ortho intramolecular Hbond substituents is 1. The summed E-state index contributed by atoms with van der Waals surface area (Å²) in [5.74, 6) is -0.172. The van der Waals surface area contributed by atoms with Crippen LogP contribution in [0, 0.1) is 0 Å². The summed E-state index contributed by atoms with van der Waals surface area (Å²) in [6.45, 7) is 0. The van der Waals surface area contributed by atoms with Gasteiger partial charge >= 0.3 is 0 Å². The summed E-state index contributed by atoms with van der Waals surface area (Å²) >= 11 is 4.76. The maximum Gasteiger partial charge on any atom is 0.271 e. The number of hydrogen-bond acceptors (Lipinski definition) is 6. The van der Waals surface area contributed by atoms with Crippen LogP contribution in [-0.4, -0.2) is 22.2 Å². The summed E-state index contributed by atoms with van der Waals surface area (Å²) in [6.07, 6.45) is 1.51. The lowest BCUT2D eigenvalue weighted by molar-refractivity contribution is 0.0955. The number of nitrogens with zero attached hydrogens (tertiary/aromatic N) is 2. The van der Waals surface area contributed by atoms with Crippen molar-refractivity contribution in [3.05, 3.63) is 93.8 Å². The van der Waals surface area contributed by atoms with E-state index >= 15 is 0 Å². The zero-order valence-corrected chi connectivity index (χ0v) is 18.5. The number of hydrazone groups is 1. The smallest absolute Gasteiger partial charge is 0.271 e. The van der Waals surface area contributed by atoms with Gasteiger partial charge in [0.25, 0.3) is 5.91 Å². The van der Waals surface area contributed by atoms with Gasteiger partial charge in [-0.15, -0.1) is 11.3 Å². The number of thiazole rings is 1. The van der Waals surface area contributed by atoms with E-state index in [1.165, 1.54) is 17.6 Å². The minimum Gasteiger partial charge on any atom is -0.507 e. The van der Waals surface area contributed by atoms with Crippen LogP contribution in [0.25, 0.3) is 11.3 Å². The van der Waals surface area contributed by atoms with Crippen LogP contribution in [0.4, 0.5) is 10.8 Å². The van der Waals surface area contributed by atoms with Crippen LogP contribution in [0.2, 0.25) is 0 Å². The van der Waals surface area contributed by atoms with Crippen molar-refractivity contribution < 1.29 is 9.90 Å². The molecule has 154 valence electrons. The SMILES string of the molecule is O=C(N/N=C\c1ccc(O)c(Br)c1)c1ccc(-c2csc(Nc3ccccc3)n2)cc1. The van der Waals surface area contributed by atoms with Gasteiger partial charge in [-0.05, 0) is 64.0 Å². The number of carbonyl (C=O) groups is 1. The first-order chi connectivity index (χ1) is 15.1. The molecule has 0 fully saturated rings. The number of carbonyl (C=O) groups excluding carboxylic acids is 1. The molecule has 0 unspecified atom stereocenters. The summed E-state index contributed by atoms with van der Waals surface area (Å²) < 4.78 is 0.558. The lowest BCUT2D eigenvalue weighted by Crippen LogP contribution is -2.17. The molecule has 0 saturated carbocycles. The van der Waals surface area contributed by atoms with Crippen LogP contribution in [0.15, 0.2) is 87.8 Å². The molecule has 31 heavy (non-hydrogen) atoms. The molecule has 3 N–H and O–H groups in total. The van der Waals surface area contributed by atoms with E-state index in [1.807, 2.05) is 47.8 Å². The van der Waals surface area contributed by atoms with Crippen LogP contribution in [0.5, 0.6) is 5.75 Å². The minimum absolute atomic E-state index is 0.143. The number of anilines is 2. The van der Waals surface area contributed by atoms with Crippen LogP contribution in [0.3, 0.4) is 0 Å². The van der Waals surface area contributed by atoms with E-state index in [4.69, 9.17) is 0 Å². The molecule has 4 aromatic rings. The molecule has 4 rings (SSSR count). The molecule has 1 aromatic heterocycles. The number of nitrogens with one attached hydrogen (secondary N) is 2. The topological polar surface area (TPSA) is 86.6 Å². The standard InChI is InChI=1S/C23H17BrN4O2S/c24-19-12-15(6-11-21(19)29)13-25-28-22(30)17-9-7-16(8-10-17)20-14-31-23(27-20)26-18-4-2-1-3-5-18/h1-14,29H,(H,26,27)(H,28,30)/b25-13-. The Morgan fingerprint density at radius 1 is 1.06 bits per heavy atom. The Bertz CT molecular complexity index is 1220. The molecule has 0 atom stereocenters. The number of aromatic nitrogens is 1. The van der Waals surface area contributed by atoms with E-state index in [0.717, 1.165) is 27.6 Å². The number of amides is 1. The Balaban J connectivity index is 1.38. The van der Waals surface area contributed by atoms with Gasteiger partial charge in [0.1, 0.15) is 5.75 Å². The Labute approximate surface area is 191 Å². The van der Waals surface area contributed by atoms with Gasteiger partial charge in [-0.25, -0.2) is 10.4 Å². The summed E-state index contributed by atoms with van der Waals surface area (Å²) in [6, 6.07) is 22.0. The highest BCUT2D eigenvalue weighted by atomic mass is 79.9. The Hall–Kier alpha value is -3.49. The van der Waals surface area contributed by atoms with Crippen molar-refractivity contribution in [2.75, 3.05) is 5.32 Å². The Morgan fingerprint density at radius 3 is 2.58 bits per heavy atom. The van der Waals surface area contributed by atoms with Crippen molar-refractivity contribution in [3.8, 4) is 17.0 Å². The van der Waals surface area contributed by atoms with E-state index < -0.39 is 0 Å². The molecular weight excluding hydrogens is 476 g/mol. The van der Waals surface area contributed by atoms with Gasteiger partial charge in [0.2, 0.25) is 0 Å². The first-order valence-corrected chi connectivity index (χ1v) is 11.0. The molecule has 0 aliphatic carbocycles. The molecule has 1 amide bonds. The predicted octanol–water partition coefficient (Wildman–Crippen LogP) is 5.79. The molecule has 8 heteroatoms. The third-order valence-corrected chi connectivity index (χ3v) is 5.72. The van der Waals surface area contributed by atoms with E-state index in [1.54, 1.807) is 30.3 Å². The van der Waals surface area contributed by atoms with Gasteiger partial charge in [-0.2, -0.15) is 5.10 Å². The number of benzene rings is 3. The number of para-hydroxylation sites is 1. The van der Waals surface area contributed by atoms with Crippen molar-refractivity contribution in [2.24, 2.45) is 5.10 Å². The largest absolute Gasteiger partial charge is 0.507 e. The second-order valence-corrected chi connectivity index (χ2v) is 8.23. The highest BCUT2D eigenvalue weighted by Crippen LogP contribution is 2.27. The number of rotatable bonds is 6. The maximum absolute atomic E-state index is 12.3. The zero-order valence-electron chi connectivity index (χ0n) is 16.1. The summed E-state index contributed by atoms with van der Waals surface area (Å²) in [4.78, 5) is 16.9. The van der Waals surface area contributed by atoms with Crippen LogP contribution in [-0.2, 0) is 0 Å². The van der Waals surface area contributed by atoms with Gasteiger partial charge in [0.05, 0.1) is 16.4 Å². The number of aromatic hydroxyl groups is 1. The normalized spacial score (nSPS) is 10.9. The first-order valence-electron chi connectivity index (χ1n) is 9.28. The van der Waals surface area contributed by atoms with Crippen molar-refractivity contribution >= 4 is 50.2 Å². The van der Waals surface area contributed by atoms with Gasteiger partial charge < -0.3 is 10.4 Å². The Kier molecular flexibility index (Phi) is 6.40. The number of hydrogen-bond donors (Lipinski definition) is 3. The summed E-state index contributed by atoms with van der Waals surface area (Å²) in [5.41, 5.74) is 6.48. The predicted molar refractivity (Wildman–Crippen MR) is 128 cm³/mol. The summed E-state index contributed by atoms with van der Waals surface area (Å²) in [7, 11) is 0. The average molecular weight is 493 g/mol. The lowest BCUT2D eigenvalue weighted by atomic mass is 10.1.